The number of fused-ring (bicyclic) bond motifs is 1. The van der Waals surface area contributed by atoms with Crippen molar-refractivity contribution in [2.75, 3.05) is 11.9 Å². The first-order chi connectivity index (χ1) is 16.0. The maximum Gasteiger partial charge on any atom is 0.267 e. The number of nitrogens with zero attached hydrogens (tertiary/aromatic N) is 3. The molecule has 1 aliphatic heterocycles. The summed E-state index contributed by atoms with van der Waals surface area (Å²) in [7, 11) is 0. The quantitative estimate of drug-likeness (QED) is 0.279. The molecule has 3 aromatic rings. The molecule has 4 rings (SSSR count). The van der Waals surface area contributed by atoms with E-state index in [0.717, 1.165) is 30.4 Å². The fraction of sp³-hybridized carbons (Fsp3) is 0.280. The summed E-state index contributed by atoms with van der Waals surface area (Å²) in [5.41, 5.74) is 2.67. The number of unbranched alkanes of at least 4 members (excludes halogenated alkanes) is 2. The minimum atomic E-state index is -0.213. The molecule has 0 bridgehead atoms. The molecule has 0 aliphatic carbocycles. The van der Waals surface area contributed by atoms with Gasteiger partial charge in [-0.25, -0.2) is 4.98 Å². The number of thioether (sulfide) groups is 1. The number of amides is 1. The summed E-state index contributed by atoms with van der Waals surface area (Å²) >= 11 is 6.70. The van der Waals surface area contributed by atoms with Crippen LogP contribution >= 0.6 is 24.0 Å². The zero-order valence-corrected chi connectivity index (χ0v) is 20.3. The lowest BCUT2D eigenvalue weighted by atomic mass is 10.2. The fourth-order valence-corrected chi connectivity index (χ4v) is 4.93. The molecule has 1 aliphatic rings. The van der Waals surface area contributed by atoms with Crippen LogP contribution in [-0.2, 0) is 11.3 Å². The van der Waals surface area contributed by atoms with Crippen LogP contribution in [0.4, 0.5) is 5.82 Å². The summed E-state index contributed by atoms with van der Waals surface area (Å²) in [5, 5.41) is 3.32. The first-order valence-electron chi connectivity index (χ1n) is 11.0. The maximum atomic E-state index is 13.4. The molecule has 170 valence electrons. The number of hydrogen-bond acceptors (Lipinski definition) is 6. The molecule has 0 atom stereocenters. The summed E-state index contributed by atoms with van der Waals surface area (Å²) in [6, 6.07) is 13.5. The Kier molecular flexibility index (Phi) is 7.25. The lowest BCUT2D eigenvalue weighted by molar-refractivity contribution is -0.122. The van der Waals surface area contributed by atoms with Crippen molar-refractivity contribution in [1.29, 1.82) is 0 Å². The van der Waals surface area contributed by atoms with Crippen LogP contribution in [0.5, 0.6) is 0 Å². The van der Waals surface area contributed by atoms with E-state index in [1.807, 2.05) is 49.4 Å². The Balaban J connectivity index is 1.72. The van der Waals surface area contributed by atoms with Crippen LogP contribution in [0, 0.1) is 6.92 Å². The van der Waals surface area contributed by atoms with Gasteiger partial charge in [0.2, 0.25) is 0 Å². The first-order valence-corrected chi connectivity index (χ1v) is 12.3. The van der Waals surface area contributed by atoms with Gasteiger partial charge in [0.25, 0.3) is 11.5 Å². The Morgan fingerprint density at radius 1 is 1.12 bits per heavy atom. The molecule has 6 nitrogen and oxygen atoms in total. The normalized spacial score (nSPS) is 15.1. The van der Waals surface area contributed by atoms with Crippen molar-refractivity contribution in [2.45, 2.75) is 39.7 Å². The SMILES string of the molecule is CCCCCNc1nc2c(C)cccn2c(=O)c1/C=C1/SC(=S)N(Cc2ccccc2)C1=O. The molecule has 0 saturated carbocycles. The van der Waals surface area contributed by atoms with E-state index >= 15 is 0 Å². The molecule has 1 N–H and O–H groups in total. The number of hydrogen-bond donors (Lipinski definition) is 1. The van der Waals surface area contributed by atoms with E-state index in [9.17, 15) is 9.59 Å². The molecule has 1 saturated heterocycles. The number of thiocarbonyl (C=S) groups is 1. The summed E-state index contributed by atoms with van der Waals surface area (Å²) in [5.74, 6) is 0.304. The molecule has 0 spiro atoms. The zero-order valence-electron chi connectivity index (χ0n) is 18.7. The van der Waals surface area contributed by atoms with Crippen LogP contribution in [-0.4, -0.2) is 31.1 Å². The molecule has 1 amide bonds. The van der Waals surface area contributed by atoms with Gasteiger partial charge >= 0.3 is 0 Å². The van der Waals surface area contributed by atoms with Gasteiger partial charge in [-0.15, -0.1) is 0 Å². The Hall–Kier alpha value is -2.97. The highest BCUT2D eigenvalue weighted by molar-refractivity contribution is 8.26. The zero-order chi connectivity index (χ0) is 23.4. The molecule has 1 aromatic carbocycles. The number of anilines is 1. The van der Waals surface area contributed by atoms with Gasteiger partial charge in [0, 0.05) is 12.7 Å². The number of pyridine rings is 1. The molecule has 0 radical (unpaired) electrons. The third-order valence-corrected chi connectivity index (χ3v) is 6.87. The molecule has 0 unspecified atom stereocenters. The maximum absolute atomic E-state index is 13.4. The van der Waals surface area contributed by atoms with E-state index in [1.165, 1.54) is 16.2 Å². The third-order valence-electron chi connectivity index (χ3n) is 5.49. The highest BCUT2D eigenvalue weighted by Crippen LogP contribution is 2.34. The van der Waals surface area contributed by atoms with E-state index in [-0.39, 0.29) is 11.5 Å². The van der Waals surface area contributed by atoms with Gasteiger partial charge in [0.15, 0.2) is 0 Å². The van der Waals surface area contributed by atoms with Crippen LogP contribution in [0.3, 0.4) is 0 Å². The molecule has 2 aromatic heterocycles. The van der Waals surface area contributed by atoms with Crippen molar-refractivity contribution in [1.82, 2.24) is 14.3 Å². The van der Waals surface area contributed by atoms with Gasteiger partial charge in [0.05, 0.1) is 17.0 Å². The minimum Gasteiger partial charge on any atom is -0.369 e. The summed E-state index contributed by atoms with van der Waals surface area (Å²) in [4.78, 5) is 33.3. The van der Waals surface area contributed by atoms with Crippen molar-refractivity contribution in [3.63, 3.8) is 0 Å². The van der Waals surface area contributed by atoms with Crippen molar-refractivity contribution >= 4 is 51.7 Å². The first kappa shape index (κ1) is 23.2. The lowest BCUT2D eigenvalue weighted by Crippen LogP contribution is -2.27. The molecule has 1 fully saturated rings. The van der Waals surface area contributed by atoms with Crippen molar-refractivity contribution < 1.29 is 4.79 Å². The number of aryl methyl sites for hydroxylation is 1. The molecular formula is C25H26N4O2S2. The van der Waals surface area contributed by atoms with Gasteiger partial charge in [-0.2, -0.15) is 0 Å². The van der Waals surface area contributed by atoms with Crippen molar-refractivity contribution in [3.8, 4) is 0 Å². The van der Waals surface area contributed by atoms with Crippen molar-refractivity contribution in [3.05, 3.63) is 80.6 Å². The van der Waals surface area contributed by atoms with Crippen LogP contribution < -0.4 is 10.9 Å². The Morgan fingerprint density at radius 3 is 2.67 bits per heavy atom. The number of nitrogens with one attached hydrogen (secondary N) is 1. The third kappa shape index (κ3) is 5.02. The van der Waals surface area contributed by atoms with E-state index < -0.39 is 0 Å². The molecule has 8 heteroatoms. The number of rotatable bonds is 8. The standard InChI is InChI=1S/C25H26N4O2S2/c1-3-4-8-13-26-21-19(23(30)28-14-9-10-17(2)22(28)27-21)15-20-24(31)29(25(32)33-20)16-18-11-6-5-7-12-18/h5-7,9-12,14-15,26H,3-4,8,13,16H2,1-2H3/b20-15+. The van der Waals surface area contributed by atoms with E-state index in [1.54, 1.807) is 17.2 Å². The molecule has 3 heterocycles. The summed E-state index contributed by atoms with van der Waals surface area (Å²) < 4.78 is 2.01. The van der Waals surface area contributed by atoms with Gasteiger partial charge < -0.3 is 5.32 Å². The number of benzene rings is 1. The number of aromatic nitrogens is 2. The second-order valence-corrected chi connectivity index (χ2v) is 9.63. The monoisotopic (exact) mass is 478 g/mol. The topological polar surface area (TPSA) is 66.7 Å². The summed E-state index contributed by atoms with van der Waals surface area (Å²) in [6.45, 7) is 5.18. The highest BCUT2D eigenvalue weighted by Gasteiger charge is 2.32. The van der Waals surface area contributed by atoms with E-state index in [4.69, 9.17) is 17.2 Å². The van der Waals surface area contributed by atoms with Gasteiger partial charge in [-0.3, -0.25) is 18.9 Å². The Morgan fingerprint density at radius 2 is 1.91 bits per heavy atom. The smallest absolute Gasteiger partial charge is 0.267 e. The predicted octanol–water partition coefficient (Wildman–Crippen LogP) is 5.01. The van der Waals surface area contributed by atoms with E-state index in [0.29, 0.717) is 39.3 Å². The predicted molar refractivity (Wildman–Crippen MR) is 139 cm³/mol. The van der Waals surface area contributed by atoms with E-state index in [2.05, 4.69) is 12.2 Å². The lowest BCUT2D eigenvalue weighted by Gasteiger charge is -2.14. The van der Waals surface area contributed by atoms with Crippen molar-refractivity contribution in [2.24, 2.45) is 0 Å². The molecule has 33 heavy (non-hydrogen) atoms. The van der Waals surface area contributed by atoms with Gasteiger partial charge in [-0.05, 0) is 36.6 Å². The highest BCUT2D eigenvalue weighted by atomic mass is 32.2. The van der Waals surface area contributed by atoms with Gasteiger partial charge in [-0.1, -0.05) is 80.1 Å². The second-order valence-electron chi connectivity index (χ2n) is 7.95. The van der Waals surface area contributed by atoms with Gasteiger partial charge in [0.1, 0.15) is 15.8 Å². The van der Waals surface area contributed by atoms with Crippen LogP contribution in [0.1, 0.15) is 42.9 Å². The molecular weight excluding hydrogens is 452 g/mol. The van der Waals surface area contributed by atoms with Crippen LogP contribution in [0.2, 0.25) is 0 Å². The minimum absolute atomic E-state index is 0.195. The average Bonchev–Trinajstić information content (AvgIpc) is 3.07. The fourth-order valence-electron chi connectivity index (χ4n) is 3.69. The van der Waals surface area contributed by atoms with Crippen LogP contribution in [0.15, 0.2) is 58.4 Å². The second kappa shape index (κ2) is 10.3. The summed E-state index contributed by atoms with van der Waals surface area (Å²) in [6.07, 6.45) is 6.51. The largest absolute Gasteiger partial charge is 0.369 e. The average molecular weight is 479 g/mol. The van der Waals surface area contributed by atoms with Crippen LogP contribution in [0.25, 0.3) is 11.7 Å². The Bertz CT molecular complexity index is 1280. The number of carbonyl (C=O) groups is 1. The Labute approximate surface area is 202 Å². The number of carbonyl (C=O) groups excluding carboxylic acids is 1.